The molecule has 0 saturated heterocycles. The fraction of sp³-hybridized carbons (Fsp3) is 0.227. The molecule has 1 heterocycles. The summed E-state index contributed by atoms with van der Waals surface area (Å²) in [5.41, 5.74) is 1.62. The van der Waals surface area contributed by atoms with E-state index in [-0.39, 0.29) is 24.0 Å². The van der Waals surface area contributed by atoms with Crippen LogP contribution in [0, 0.1) is 6.92 Å². The molecular formula is C22H23NO6S2. The first-order chi connectivity index (χ1) is 14.9. The molecule has 31 heavy (non-hydrogen) atoms. The van der Waals surface area contributed by atoms with E-state index in [1.807, 2.05) is 31.2 Å². The molecule has 0 radical (unpaired) electrons. The number of esters is 1. The highest BCUT2D eigenvalue weighted by Crippen LogP contribution is 2.26. The van der Waals surface area contributed by atoms with Gasteiger partial charge in [-0.1, -0.05) is 23.8 Å². The molecule has 7 nitrogen and oxygen atoms in total. The molecule has 0 aliphatic rings. The Balaban J connectivity index is 1.42. The minimum absolute atomic E-state index is 0.111. The van der Waals surface area contributed by atoms with Crippen molar-refractivity contribution in [3.63, 3.8) is 0 Å². The van der Waals surface area contributed by atoms with Gasteiger partial charge in [-0.3, -0.25) is 4.31 Å². The molecule has 0 unspecified atom stereocenters. The van der Waals surface area contributed by atoms with E-state index in [1.165, 1.54) is 11.4 Å². The average Bonchev–Trinajstić information content (AvgIpc) is 3.32. The van der Waals surface area contributed by atoms with Gasteiger partial charge in [0.1, 0.15) is 28.9 Å². The number of thiophene rings is 1. The van der Waals surface area contributed by atoms with Gasteiger partial charge in [0.25, 0.3) is 10.0 Å². The Morgan fingerprint density at radius 2 is 1.58 bits per heavy atom. The van der Waals surface area contributed by atoms with Crippen LogP contribution in [-0.4, -0.2) is 41.3 Å². The Bertz CT molecular complexity index is 1080. The molecule has 0 bridgehead atoms. The van der Waals surface area contributed by atoms with E-state index < -0.39 is 16.0 Å². The van der Waals surface area contributed by atoms with Crippen molar-refractivity contribution < 1.29 is 27.4 Å². The predicted octanol–water partition coefficient (Wildman–Crippen LogP) is 3.88. The molecule has 0 aliphatic heterocycles. The van der Waals surface area contributed by atoms with E-state index in [2.05, 4.69) is 0 Å². The standard InChI is InChI=1S/C22H23NO6S2/c1-17-5-9-19(10-6-17)27-13-14-28-21(24)16-29-20-11-7-18(8-12-20)23(2)31(25,26)22-4-3-15-30-22/h3-12,15H,13-14,16H2,1-2H3. The summed E-state index contributed by atoms with van der Waals surface area (Å²) >= 11 is 1.16. The molecule has 3 aromatic rings. The third-order valence-corrected chi connectivity index (χ3v) is 7.46. The maximum absolute atomic E-state index is 12.6. The highest BCUT2D eigenvalue weighted by Gasteiger charge is 2.22. The minimum atomic E-state index is -3.60. The Labute approximate surface area is 185 Å². The van der Waals surface area contributed by atoms with Gasteiger partial charge in [-0.15, -0.1) is 11.3 Å². The fourth-order valence-electron chi connectivity index (χ4n) is 2.57. The molecule has 0 aliphatic carbocycles. The highest BCUT2D eigenvalue weighted by molar-refractivity contribution is 7.94. The van der Waals surface area contributed by atoms with Gasteiger partial charge in [0.05, 0.1) is 5.69 Å². The van der Waals surface area contributed by atoms with Gasteiger partial charge >= 0.3 is 5.97 Å². The van der Waals surface area contributed by atoms with E-state index >= 15 is 0 Å². The number of nitrogens with zero attached hydrogens (tertiary/aromatic N) is 1. The van der Waals surface area contributed by atoms with Crippen LogP contribution in [0.1, 0.15) is 5.56 Å². The number of carbonyl (C=O) groups excluding carboxylic acids is 1. The Hall–Kier alpha value is -3.04. The number of sulfonamides is 1. The maximum Gasteiger partial charge on any atom is 0.344 e. The van der Waals surface area contributed by atoms with Crippen molar-refractivity contribution in [1.29, 1.82) is 0 Å². The summed E-state index contributed by atoms with van der Waals surface area (Å²) in [7, 11) is -2.11. The highest BCUT2D eigenvalue weighted by atomic mass is 32.2. The van der Waals surface area contributed by atoms with Gasteiger partial charge in [0, 0.05) is 7.05 Å². The zero-order valence-corrected chi connectivity index (χ0v) is 18.8. The van der Waals surface area contributed by atoms with Crippen LogP contribution in [0.15, 0.2) is 70.3 Å². The number of rotatable bonds is 10. The molecule has 0 saturated carbocycles. The van der Waals surface area contributed by atoms with E-state index in [0.717, 1.165) is 16.9 Å². The lowest BCUT2D eigenvalue weighted by Crippen LogP contribution is -2.25. The molecule has 0 spiro atoms. The summed E-state index contributed by atoms with van der Waals surface area (Å²) in [5, 5.41) is 1.71. The van der Waals surface area contributed by atoms with E-state index in [0.29, 0.717) is 17.2 Å². The van der Waals surface area contributed by atoms with Crippen LogP contribution in [0.25, 0.3) is 0 Å². The zero-order chi connectivity index (χ0) is 22.3. The van der Waals surface area contributed by atoms with Crippen molar-refractivity contribution >= 4 is 33.0 Å². The molecule has 9 heteroatoms. The number of aryl methyl sites for hydroxylation is 1. The van der Waals surface area contributed by atoms with Gasteiger partial charge in [-0.05, 0) is 54.8 Å². The van der Waals surface area contributed by atoms with Crippen molar-refractivity contribution in [3.05, 3.63) is 71.6 Å². The average molecular weight is 462 g/mol. The van der Waals surface area contributed by atoms with E-state index in [1.54, 1.807) is 41.8 Å². The second-order valence-electron chi connectivity index (χ2n) is 6.57. The minimum Gasteiger partial charge on any atom is -0.490 e. The molecule has 0 N–H and O–H groups in total. The van der Waals surface area contributed by atoms with E-state index in [4.69, 9.17) is 14.2 Å². The van der Waals surface area contributed by atoms with Crippen LogP contribution in [-0.2, 0) is 19.6 Å². The maximum atomic E-state index is 12.6. The fourth-order valence-corrected chi connectivity index (χ4v) is 4.93. The molecule has 0 amide bonds. The van der Waals surface area contributed by atoms with Crippen molar-refractivity contribution in [2.24, 2.45) is 0 Å². The molecular weight excluding hydrogens is 438 g/mol. The normalized spacial score (nSPS) is 11.0. The van der Waals surface area contributed by atoms with Crippen LogP contribution < -0.4 is 13.8 Å². The summed E-state index contributed by atoms with van der Waals surface area (Å²) < 4.78 is 42.6. The first-order valence-corrected chi connectivity index (χ1v) is 11.8. The predicted molar refractivity (Wildman–Crippen MR) is 119 cm³/mol. The van der Waals surface area contributed by atoms with Crippen LogP contribution in [0.2, 0.25) is 0 Å². The third-order valence-electron chi connectivity index (χ3n) is 4.30. The van der Waals surface area contributed by atoms with E-state index in [9.17, 15) is 13.2 Å². The summed E-state index contributed by atoms with van der Waals surface area (Å²) in [6.45, 7) is 2.09. The Morgan fingerprint density at radius 3 is 2.23 bits per heavy atom. The SMILES string of the molecule is Cc1ccc(OCCOC(=O)COc2ccc(N(C)S(=O)(=O)c3cccs3)cc2)cc1. The van der Waals surface area contributed by atoms with Crippen LogP contribution >= 0.6 is 11.3 Å². The smallest absolute Gasteiger partial charge is 0.344 e. The lowest BCUT2D eigenvalue weighted by atomic mass is 10.2. The molecule has 0 fully saturated rings. The van der Waals surface area contributed by atoms with Gasteiger partial charge in [0.2, 0.25) is 0 Å². The van der Waals surface area contributed by atoms with Crippen LogP contribution in [0.5, 0.6) is 11.5 Å². The molecule has 3 rings (SSSR count). The number of carbonyl (C=O) groups is 1. The van der Waals surface area contributed by atoms with Gasteiger partial charge < -0.3 is 14.2 Å². The Kier molecular flexibility index (Phi) is 7.54. The Morgan fingerprint density at radius 1 is 0.935 bits per heavy atom. The topological polar surface area (TPSA) is 82.1 Å². The lowest BCUT2D eigenvalue weighted by Gasteiger charge is -2.18. The van der Waals surface area contributed by atoms with Crippen molar-refractivity contribution in [2.75, 3.05) is 31.2 Å². The number of hydrogen-bond donors (Lipinski definition) is 0. The van der Waals surface area contributed by atoms with Gasteiger partial charge in [-0.2, -0.15) is 0 Å². The molecule has 0 atom stereocenters. The molecule has 1 aromatic heterocycles. The molecule has 164 valence electrons. The molecule has 2 aromatic carbocycles. The zero-order valence-electron chi connectivity index (χ0n) is 17.2. The summed E-state index contributed by atoms with van der Waals surface area (Å²) in [6, 6.07) is 17.3. The number of anilines is 1. The van der Waals surface area contributed by atoms with Crippen LogP contribution in [0.4, 0.5) is 5.69 Å². The van der Waals surface area contributed by atoms with Crippen molar-refractivity contribution in [1.82, 2.24) is 0 Å². The first-order valence-electron chi connectivity index (χ1n) is 9.46. The van der Waals surface area contributed by atoms with Gasteiger partial charge in [0.15, 0.2) is 6.61 Å². The largest absolute Gasteiger partial charge is 0.490 e. The quantitative estimate of drug-likeness (QED) is 0.337. The number of ether oxygens (including phenoxy) is 3. The van der Waals surface area contributed by atoms with Gasteiger partial charge in [-0.25, -0.2) is 13.2 Å². The second kappa shape index (κ2) is 10.3. The number of hydrogen-bond acceptors (Lipinski definition) is 7. The first kappa shape index (κ1) is 22.6. The van der Waals surface area contributed by atoms with Crippen molar-refractivity contribution in [2.45, 2.75) is 11.1 Å². The monoisotopic (exact) mass is 461 g/mol. The van der Waals surface area contributed by atoms with Crippen molar-refractivity contribution in [3.8, 4) is 11.5 Å². The number of benzene rings is 2. The summed E-state index contributed by atoms with van der Waals surface area (Å²) in [6.07, 6.45) is 0. The summed E-state index contributed by atoms with van der Waals surface area (Å²) in [4.78, 5) is 11.8. The van der Waals surface area contributed by atoms with Crippen LogP contribution in [0.3, 0.4) is 0 Å². The third kappa shape index (κ3) is 6.22. The second-order valence-corrected chi connectivity index (χ2v) is 9.71. The summed E-state index contributed by atoms with van der Waals surface area (Å²) in [5.74, 6) is 0.622. The lowest BCUT2D eigenvalue weighted by molar-refractivity contribution is -0.146.